The van der Waals surface area contributed by atoms with E-state index in [1.54, 1.807) is 42.6 Å². The molecule has 0 radical (unpaired) electrons. The average molecular weight is 626 g/mol. The number of nitrogens with two attached hydrogens (primary N) is 1. The minimum absolute atomic E-state index is 0.105. The number of carbonyl (C=O) groups excluding carboxylic acids is 3. The van der Waals surface area contributed by atoms with Gasteiger partial charge in [-0.2, -0.15) is 8.78 Å². The zero-order chi connectivity index (χ0) is 31.4. The third-order valence-corrected chi connectivity index (χ3v) is 8.69. The SMILES string of the molecule is C[C@@H](NC(=O)[C@@H]1C[C@@H](OC(F)F)CN1C(=O)CNC(=O)c1ccc(Oc2ccc(C3CC3)cc2)cc1)c1cc(C(=N)N)cs1. The van der Waals surface area contributed by atoms with Crippen molar-refractivity contribution in [2.75, 3.05) is 13.1 Å². The normalized spacial score (nSPS) is 18.6. The van der Waals surface area contributed by atoms with E-state index in [-0.39, 0.29) is 18.8 Å². The van der Waals surface area contributed by atoms with Crippen molar-refractivity contribution < 1.29 is 32.6 Å². The van der Waals surface area contributed by atoms with Crippen LogP contribution in [0.2, 0.25) is 0 Å². The lowest BCUT2D eigenvalue weighted by Gasteiger charge is -2.25. The first kappa shape index (κ1) is 31.1. The standard InChI is InChI=1S/C31H33F2N5O5S/c1-17(26-12-21(16-44-26)28(34)35)37-30(41)25-13-24(43-31(32)33)15-38(25)27(39)14-36-29(40)20-6-10-23(11-7-20)42-22-8-4-19(5-9-22)18-2-3-18/h4-12,16-18,24-25,31H,2-3,13-15H2,1H3,(H3,34,35)(H,36,40)(H,37,41)/t17-,24-,25+/m1/s1. The Morgan fingerprint density at radius 1 is 1.07 bits per heavy atom. The maximum absolute atomic E-state index is 13.2. The van der Waals surface area contributed by atoms with Crippen LogP contribution in [0.1, 0.15) is 64.5 Å². The zero-order valence-electron chi connectivity index (χ0n) is 23.9. The van der Waals surface area contributed by atoms with Crippen molar-refractivity contribution in [2.45, 2.75) is 56.9 Å². The van der Waals surface area contributed by atoms with E-state index in [1.807, 2.05) is 12.1 Å². The topological polar surface area (TPSA) is 147 Å². The molecule has 0 unspecified atom stereocenters. The van der Waals surface area contributed by atoms with E-state index in [2.05, 4.69) is 27.5 Å². The van der Waals surface area contributed by atoms with Crippen molar-refractivity contribution >= 4 is 34.9 Å². The van der Waals surface area contributed by atoms with E-state index in [9.17, 15) is 23.2 Å². The van der Waals surface area contributed by atoms with Gasteiger partial charge < -0.3 is 30.7 Å². The number of nitrogens with zero attached hydrogens (tertiary/aromatic N) is 1. The van der Waals surface area contributed by atoms with Crippen LogP contribution in [0.3, 0.4) is 0 Å². The second kappa shape index (κ2) is 13.5. The van der Waals surface area contributed by atoms with Crippen LogP contribution in [0.5, 0.6) is 11.5 Å². The van der Waals surface area contributed by atoms with Crippen LogP contribution in [0.4, 0.5) is 8.78 Å². The number of nitrogens with one attached hydrogen (secondary N) is 3. The third kappa shape index (κ3) is 7.77. The largest absolute Gasteiger partial charge is 0.457 e. The number of alkyl halides is 2. The van der Waals surface area contributed by atoms with Crippen molar-refractivity contribution in [3.8, 4) is 11.5 Å². The predicted octanol–water partition coefficient (Wildman–Crippen LogP) is 4.52. The minimum atomic E-state index is -3.07. The second-order valence-corrected chi connectivity index (χ2v) is 11.8. The second-order valence-electron chi connectivity index (χ2n) is 10.9. The van der Waals surface area contributed by atoms with Crippen LogP contribution in [-0.2, 0) is 14.3 Å². The first-order valence-corrected chi connectivity index (χ1v) is 15.1. The van der Waals surface area contributed by atoms with E-state index in [0.717, 1.165) is 9.78 Å². The fourth-order valence-electron chi connectivity index (χ4n) is 5.06. The number of hydrogen-bond donors (Lipinski definition) is 4. The molecular formula is C31H33F2N5O5S. The molecule has 10 nitrogen and oxygen atoms in total. The molecule has 3 aromatic rings. The number of rotatable bonds is 12. The van der Waals surface area contributed by atoms with Gasteiger partial charge >= 0.3 is 6.61 Å². The molecule has 3 amide bonds. The van der Waals surface area contributed by atoms with Gasteiger partial charge in [0.2, 0.25) is 11.8 Å². The number of likely N-dealkylation sites (tertiary alicyclic amines) is 1. The van der Waals surface area contributed by atoms with Gasteiger partial charge in [0.05, 0.1) is 18.7 Å². The van der Waals surface area contributed by atoms with Crippen LogP contribution in [0.25, 0.3) is 0 Å². The molecule has 232 valence electrons. The van der Waals surface area contributed by atoms with Gasteiger partial charge in [-0.3, -0.25) is 19.8 Å². The maximum atomic E-state index is 13.2. The summed E-state index contributed by atoms with van der Waals surface area (Å²) in [6, 6.07) is 14.5. The number of thiophene rings is 1. The van der Waals surface area contributed by atoms with E-state index in [4.69, 9.17) is 15.9 Å². The van der Waals surface area contributed by atoms with Gasteiger partial charge in [0.25, 0.3) is 5.91 Å². The van der Waals surface area contributed by atoms with Crippen molar-refractivity contribution in [1.29, 1.82) is 5.41 Å². The Labute approximate surface area is 257 Å². The van der Waals surface area contributed by atoms with Gasteiger partial charge in [0.15, 0.2) is 0 Å². The summed E-state index contributed by atoms with van der Waals surface area (Å²) in [5.41, 5.74) is 7.63. The van der Waals surface area contributed by atoms with Gasteiger partial charge in [-0.1, -0.05) is 12.1 Å². The van der Waals surface area contributed by atoms with E-state index in [0.29, 0.717) is 28.5 Å². The van der Waals surface area contributed by atoms with Gasteiger partial charge in [-0.25, -0.2) is 0 Å². The smallest absolute Gasteiger partial charge is 0.345 e. The monoisotopic (exact) mass is 625 g/mol. The fraction of sp³-hybridized carbons (Fsp3) is 0.355. The Kier molecular flexibility index (Phi) is 9.55. The summed E-state index contributed by atoms with van der Waals surface area (Å²) < 4.78 is 36.4. The summed E-state index contributed by atoms with van der Waals surface area (Å²) in [6.45, 7) is -2.02. The van der Waals surface area contributed by atoms with E-state index < -0.39 is 49.1 Å². The van der Waals surface area contributed by atoms with Crippen LogP contribution in [0, 0.1) is 5.41 Å². The molecular weight excluding hydrogens is 592 g/mol. The van der Waals surface area contributed by atoms with Gasteiger partial charge in [0.1, 0.15) is 23.4 Å². The van der Waals surface area contributed by atoms with Gasteiger partial charge in [-0.15, -0.1) is 11.3 Å². The molecule has 1 aromatic heterocycles. The Hall–Kier alpha value is -4.36. The minimum Gasteiger partial charge on any atom is -0.457 e. The molecule has 1 aliphatic heterocycles. The van der Waals surface area contributed by atoms with Crippen molar-refractivity contribution in [3.63, 3.8) is 0 Å². The molecule has 1 saturated carbocycles. The number of carbonyl (C=O) groups is 3. The molecule has 2 heterocycles. The Morgan fingerprint density at radius 3 is 2.32 bits per heavy atom. The number of hydrogen-bond acceptors (Lipinski definition) is 7. The molecule has 1 saturated heterocycles. The Morgan fingerprint density at radius 2 is 1.73 bits per heavy atom. The van der Waals surface area contributed by atoms with E-state index >= 15 is 0 Å². The molecule has 13 heteroatoms. The van der Waals surface area contributed by atoms with E-state index in [1.165, 1.54) is 29.7 Å². The Balaban J connectivity index is 1.16. The number of halogens is 2. The molecule has 2 aromatic carbocycles. The number of ether oxygens (including phenoxy) is 2. The fourth-order valence-corrected chi connectivity index (χ4v) is 5.98. The van der Waals surface area contributed by atoms with Crippen molar-refractivity contribution in [2.24, 2.45) is 5.73 Å². The molecule has 1 aliphatic carbocycles. The van der Waals surface area contributed by atoms with Crippen molar-refractivity contribution in [1.82, 2.24) is 15.5 Å². The first-order chi connectivity index (χ1) is 21.1. The zero-order valence-corrected chi connectivity index (χ0v) is 24.7. The lowest BCUT2D eigenvalue weighted by atomic mass is 10.1. The summed E-state index contributed by atoms with van der Waals surface area (Å²) in [5.74, 6) is 0.0864. The summed E-state index contributed by atoms with van der Waals surface area (Å²) >= 11 is 1.30. The highest BCUT2D eigenvalue weighted by Crippen LogP contribution is 2.40. The van der Waals surface area contributed by atoms with Crippen LogP contribution >= 0.6 is 11.3 Å². The summed E-state index contributed by atoms with van der Waals surface area (Å²) in [5, 5.41) is 14.6. The molecule has 0 spiro atoms. The number of benzene rings is 2. The number of amides is 3. The molecule has 3 atom stereocenters. The first-order valence-electron chi connectivity index (χ1n) is 14.2. The van der Waals surface area contributed by atoms with Gasteiger partial charge in [0, 0.05) is 34.3 Å². The number of nitrogen functional groups attached to an aromatic ring is 1. The van der Waals surface area contributed by atoms with Crippen LogP contribution in [0.15, 0.2) is 60.0 Å². The van der Waals surface area contributed by atoms with Gasteiger partial charge in [-0.05, 0) is 73.7 Å². The van der Waals surface area contributed by atoms with Crippen molar-refractivity contribution in [3.05, 3.63) is 81.5 Å². The molecule has 0 bridgehead atoms. The third-order valence-electron chi connectivity index (χ3n) is 7.58. The molecule has 5 N–H and O–H groups in total. The Bertz CT molecular complexity index is 1510. The molecule has 44 heavy (non-hydrogen) atoms. The maximum Gasteiger partial charge on any atom is 0.345 e. The van der Waals surface area contributed by atoms with Crippen LogP contribution in [-0.4, -0.2) is 60.3 Å². The lowest BCUT2D eigenvalue weighted by molar-refractivity contribution is -0.160. The molecule has 2 aliphatic rings. The highest BCUT2D eigenvalue weighted by Gasteiger charge is 2.41. The summed E-state index contributed by atoms with van der Waals surface area (Å²) in [6.07, 6.45) is 1.26. The average Bonchev–Trinajstić information content (AvgIpc) is 3.56. The summed E-state index contributed by atoms with van der Waals surface area (Å²) in [7, 11) is 0. The highest BCUT2D eigenvalue weighted by atomic mass is 32.1. The molecule has 5 rings (SSSR count). The predicted molar refractivity (Wildman–Crippen MR) is 160 cm³/mol. The highest BCUT2D eigenvalue weighted by molar-refractivity contribution is 7.10. The number of amidine groups is 1. The lowest BCUT2D eigenvalue weighted by Crippen LogP contribution is -2.49. The van der Waals surface area contributed by atoms with Crippen LogP contribution < -0.4 is 21.1 Å². The molecule has 2 fully saturated rings. The quantitative estimate of drug-likeness (QED) is 0.172. The summed E-state index contributed by atoms with van der Waals surface area (Å²) in [4.78, 5) is 40.9.